The smallest absolute Gasteiger partial charge is 0.222 e. The molecule has 3 aromatic rings. The number of hydrogen-bond acceptors (Lipinski definition) is 5. The van der Waals surface area contributed by atoms with Crippen molar-refractivity contribution in [2.45, 2.75) is 26.8 Å². The second-order valence-electron chi connectivity index (χ2n) is 9.78. The zero-order chi connectivity index (χ0) is 25.6. The molecule has 0 amide bonds. The average Bonchev–Trinajstić information content (AvgIpc) is 2.83. The van der Waals surface area contributed by atoms with Crippen LogP contribution in [0.2, 0.25) is 0 Å². The number of hydrogen-bond donors (Lipinski definition) is 2. The van der Waals surface area contributed by atoms with Gasteiger partial charge in [-0.2, -0.15) is 4.39 Å². The normalized spacial score (nSPS) is 16.1. The van der Waals surface area contributed by atoms with Gasteiger partial charge in [0.15, 0.2) is 0 Å². The molecule has 2 aromatic carbocycles. The topological polar surface area (TPSA) is 57.4 Å². The first-order valence-corrected chi connectivity index (χ1v) is 12.2. The minimum absolute atomic E-state index is 0.0173. The standard InChI is InChI=1S/C29H31F2N5/c1-17(2)35-9-11-36(12-10-35)23-7-5-20(6-8-23)24-16-25(29(32)34-28(24)31)21-14-22-13-18(3)33-19(4)27(22)26(30)15-21/h5-8,13-17,33H,4,9-12H2,1-3H3,(H2,32,34). The number of nitrogens with zero attached hydrogens (tertiary/aromatic N) is 3. The van der Waals surface area contributed by atoms with E-state index in [1.165, 1.54) is 6.07 Å². The molecule has 36 heavy (non-hydrogen) atoms. The number of allylic oxidation sites excluding steroid dienone is 1. The van der Waals surface area contributed by atoms with E-state index in [4.69, 9.17) is 5.73 Å². The van der Waals surface area contributed by atoms with Crippen molar-refractivity contribution in [3.63, 3.8) is 0 Å². The Kier molecular flexibility index (Phi) is 6.26. The fourth-order valence-corrected chi connectivity index (χ4v) is 5.07. The van der Waals surface area contributed by atoms with Crippen LogP contribution in [0.1, 0.15) is 31.9 Å². The fraction of sp³-hybridized carbons (Fsp3) is 0.276. The third-order valence-corrected chi connectivity index (χ3v) is 7.05. The molecule has 2 aliphatic heterocycles. The Bertz CT molecular complexity index is 1350. The number of nitrogen functional groups attached to an aromatic ring is 1. The van der Waals surface area contributed by atoms with E-state index < -0.39 is 11.8 Å². The van der Waals surface area contributed by atoms with Crippen LogP contribution >= 0.6 is 0 Å². The molecule has 3 heterocycles. The SMILES string of the molecule is C=C1NC(C)=Cc2cc(-c3cc(-c4ccc(N5CCN(C(C)C)CC5)cc4)c(F)nc3N)cc(F)c21. The molecule has 2 aliphatic rings. The quantitative estimate of drug-likeness (QED) is 0.460. The third kappa shape index (κ3) is 4.46. The number of nitrogens with two attached hydrogens (primary N) is 1. The molecule has 186 valence electrons. The maximum absolute atomic E-state index is 15.0. The first kappa shape index (κ1) is 24.0. The highest BCUT2D eigenvalue weighted by Gasteiger charge is 2.21. The van der Waals surface area contributed by atoms with Crippen LogP contribution in [0.3, 0.4) is 0 Å². The molecule has 7 heteroatoms. The summed E-state index contributed by atoms with van der Waals surface area (Å²) in [5, 5.41) is 3.05. The monoisotopic (exact) mass is 487 g/mol. The molecule has 5 rings (SSSR count). The predicted molar refractivity (Wildman–Crippen MR) is 144 cm³/mol. The molecule has 0 bridgehead atoms. The number of rotatable bonds is 4. The van der Waals surface area contributed by atoms with Crippen molar-refractivity contribution in [1.82, 2.24) is 15.2 Å². The second-order valence-corrected chi connectivity index (χ2v) is 9.78. The summed E-state index contributed by atoms with van der Waals surface area (Å²) in [6.07, 6.45) is 1.85. The summed E-state index contributed by atoms with van der Waals surface area (Å²) < 4.78 is 30.0. The van der Waals surface area contributed by atoms with E-state index in [0.29, 0.717) is 45.1 Å². The Hall–Kier alpha value is -3.71. The Labute approximate surface area is 210 Å². The fourth-order valence-electron chi connectivity index (χ4n) is 5.07. The van der Waals surface area contributed by atoms with Crippen LogP contribution in [-0.2, 0) is 0 Å². The maximum Gasteiger partial charge on any atom is 0.222 e. The minimum Gasteiger partial charge on any atom is -0.383 e. The maximum atomic E-state index is 15.0. The van der Waals surface area contributed by atoms with E-state index in [9.17, 15) is 4.39 Å². The van der Waals surface area contributed by atoms with Crippen molar-refractivity contribution in [1.29, 1.82) is 0 Å². The third-order valence-electron chi connectivity index (χ3n) is 7.05. The lowest BCUT2D eigenvalue weighted by atomic mass is 9.93. The van der Waals surface area contributed by atoms with Gasteiger partial charge >= 0.3 is 0 Å². The van der Waals surface area contributed by atoms with E-state index in [2.05, 4.69) is 40.5 Å². The van der Waals surface area contributed by atoms with Gasteiger partial charge in [0.1, 0.15) is 11.6 Å². The van der Waals surface area contributed by atoms with Crippen molar-refractivity contribution >= 4 is 23.3 Å². The van der Waals surface area contributed by atoms with Crippen LogP contribution in [-0.4, -0.2) is 42.1 Å². The van der Waals surface area contributed by atoms with Crippen molar-refractivity contribution < 1.29 is 8.78 Å². The summed E-state index contributed by atoms with van der Waals surface area (Å²) in [5.41, 5.74) is 11.7. The highest BCUT2D eigenvalue weighted by atomic mass is 19.1. The molecule has 0 aliphatic carbocycles. The molecular weight excluding hydrogens is 456 g/mol. The van der Waals surface area contributed by atoms with Crippen LogP contribution in [0.5, 0.6) is 0 Å². The zero-order valence-electron chi connectivity index (χ0n) is 20.9. The highest BCUT2D eigenvalue weighted by Crippen LogP contribution is 2.36. The molecule has 3 N–H and O–H groups in total. The van der Waals surface area contributed by atoms with Crippen LogP contribution < -0.4 is 16.0 Å². The van der Waals surface area contributed by atoms with Crippen LogP contribution in [0, 0.1) is 11.8 Å². The summed E-state index contributed by atoms with van der Waals surface area (Å²) in [6.45, 7) is 14.2. The van der Waals surface area contributed by atoms with Gasteiger partial charge in [0.2, 0.25) is 5.95 Å². The predicted octanol–water partition coefficient (Wildman–Crippen LogP) is 5.74. The second kappa shape index (κ2) is 9.39. The molecule has 0 spiro atoms. The van der Waals surface area contributed by atoms with E-state index >= 15 is 4.39 Å². The van der Waals surface area contributed by atoms with Gasteiger partial charge in [-0.3, -0.25) is 4.90 Å². The molecule has 1 fully saturated rings. The lowest BCUT2D eigenvalue weighted by Gasteiger charge is -2.38. The Morgan fingerprint density at radius 1 is 0.972 bits per heavy atom. The van der Waals surface area contributed by atoms with Crippen molar-refractivity contribution in [2.24, 2.45) is 0 Å². The van der Waals surface area contributed by atoms with Gasteiger partial charge < -0.3 is 16.0 Å². The summed E-state index contributed by atoms with van der Waals surface area (Å²) >= 11 is 0. The van der Waals surface area contributed by atoms with E-state index in [0.717, 1.165) is 37.6 Å². The number of anilines is 2. The molecule has 5 nitrogen and oxygen atoms in total. The van der Waals surface area contributed by atoms with Crippen LogP contribution in [0.4, 0.5) is 20.3 Å². The molecule has 0 unspecified atom stereocenters. The Morgan fingerprint density at radius 2 is 1.67 bits per heavy atom. The van der Waals surface area contributed by atoms with Gasteiger partial charge in [-0.1, -0.05) is 18.7 Å². The highest BCUT2D eigenvalue weighted by molar-refractivity contribution is 5.85. The number of fused-ring (bicyclic) bond motifs is 1. The molecule has 1 aromatic heterocycles. The summed E-state index contributed by atoms with van der Waals surface area (Å²) in [7, 11) is 0. The van der Waals surface area contributed by atoms with Crippen LogP contribution in [0.15, 0.2) is 54.7 Å². The van der Waals surface area contributed by atoms with Crippen molar-refractivity contribution in [2.75, 3.05) is 36.8 Å². The first-order chi connectivity index (χ1) is 17.2. The van der Waals surface area contributed by atoms with E-state index in [1.807, 2.05) is 43.3 Å². The summed E-state index contributed by atoms with van der Waals surface area (Å²) in [4.78, 5) is 8.78. The largest absolute Gasteiger partial charge is 0.383 e. The number of benzene rings is 2. The van der Waals surface area contributed by atoms with Gasteiger partial charge in [0.25, 0.3) is 0 Å². The van der Waals surface area contributed by atoms with Gasteiger partial charge in [-0.05, 0) is 73.9 Å². The van der Waals surface area contributed by atoms with Gasteiger partial charge in [0, 0.05) is 66.0 Å². The number of aromatic nitrogens is 1. The molecule has 0 radical (unpaired) electrons. The van der Waals surface area contributed by atoms with E-state index in [-0.39, 0.29) is 5.82 Å². The Balaban J connectivity index is 1.46. The van der Waals surface area contributed by atoms with Crippen molar-refractivity contribution in [3.05, 3.63) is 77.6 Å². The minimum atomic E-state index is -0.652. The summed E-state index contributed by atoms with van der Waals surface area (Å²) in [6, 6.07) is 13.3. The summed E-state index contributed by atoms with van der Waals surface area (Å²) in [5.74, 6) is -1.05. The Morgan fingerprint density at radius 3 is 2.33 bits per heavy atom. The van der Waals surface area contributed by atoms with Gasteiger partial charge in [-0.25, -0.2) is 9.37 Å². The first-order valence-electron chi connectivity index (χ1n) is 12.2. The molecule has 0 saturated carbocycles. The molecule has 1 saturated heterocycles. The lowest BCUT2D eigenvalue weighted by molar-refractivity contribution is 0.209. The number of piperazine rings is 1. The zero-order valence-corrected chi connectivity index (χ0v) is 20.9. The molecule has 0 atom stereocenters. The van der Waals surface area contributed by atoms with E-state index in [1.54, 1.807) is 6.07 Å². The lowest BCUT2D eigenvalue weighted by Crippen LogP contribution is -2.48. The average molecular weight is 488 g/mol. The van der Waals surface area contributed by atoms with Gasteiger partial charge in [0.05, 0.1) is 0 Å². The number of pyridine rings is 1. The number of halogens is 2. The van der Waals surface area contributed by atoms with Gasteiger partial charge in [-0.15, -0.1) is 0 Å². The van der Waals surface area contributed by atoms with Crippen molar-refractivity contribution in [3.8, 4) is 22.3 Å². The molecular formula is C29H31F2N5. The van der Waals surface area contributed by atoms with Crippen LogP contribution in [0.25, 0.3) is 34.0 Å². The number of nitrogens with one attached hydrogen (secondary N) is 1.